The average molecular weight is 209 g/mol. The molecule has 0 aliphatic heterocycles. The van der Waals surface area contributed by atoms with E-state index in [-0.39, 0.29) is 5.41 Å². The van der Waals surface area contributed by atoms with Gasteiger partial charge in [0.2, 0.25) is 0 Å². The van der Waals surface area contributed by atoms with Crippen molar-refractivity contribution in [3.8, 4) is 0 Å². The molecular formula is C11H19N3O. The molecule has 1 heterocycles. The molecule has 0 aliphatic carbocycles. The molecule has 15 heavy (non-hydrogen) atoms. The molecular weight excluding hydrogens is 190 g/mol. The predicted molar refractivity (Wildman–Crippen MR) is 58.6 cm³/mol. The van der Waals surface area contributed by atoms with Crippen molar-refractivity contribution in [2.24, 2.45) is 0 Å². The number of carbonyl (C=O) groups is 1. The molecule has 1 aromatic rings. The zero-order valence-electron chi connectivity index (χ0n) is 9.73. The summed E-state index contributed by atoms with van der Waals surface area (Å²) in [5, 5.41) is 7.99. The van der Waals surface area contributed by atoms with Crippen molar-refractivity contribution in [3.05, 3.63) is 11.9 Å². The fourth-order valence-electron chi connectivity index (χ4n) is 1.49. The van der Waals surface area contributed by atoms with Crippen LogP contribution in [-0.4, -0.2) is 21.3 Å². The second-order valence-electron chi connectivity index (χ2n) is 4.75. The minimum absolute atomic E-state index is 0.0775. The van der Waals surface area contributed by atoms with Crippen LogP contribution in [0.1, 0.15) is 45.7 Å². The van der Waals surface area contributed by atoms with E-state index in [1.165, 1.54) is 0 Å². The van der Waals surface area contributed by atoms with Crippen LogP contribution in [0, 0.1) is 0 Å². The Hall–Kier alpha value is -1.19. The van der Waals surface area contributed by atoms with Gasteiger partial charge in [-0.25, -0.2) is 4.68 Å². The Kier molecular flexibility index (Phi) is 4.00. The van der Waals surface area contributed by atoms with Gasteiger partial charge in [-0.05, 0) is 12.8 Å². The van der Waals surface area contributed by atoms with E-state index in [0.29, 0.717) is 6.42 Å². The summed E-state index contributed by atoms with van der Waals surface area (Å²) in [5.41, 5.74) is 1.22. The van der Waals surface area contributed by atoms with Gasteiger partial charge in [0.1, 0.15) is 6.29 Å². The molecule has 0 amide bonds. The minimum Gasteiger partial charge on any atom is -0.303 e. The first kappa shape index (κ1) is 11.9. The topological polar surface area (TPSA) is 47.8 Å². The van der Waals surface area contributed by atoms with Crippen LogP contribution in [0.5, 0.6) is 0 Å². The third-order valence-electron chi connectivity index (χ3n) is 2.33. The fourth-order valence-corrected chi connectivity index (χ4v) is 1.49. The molecule has 0 atom stereocenters. The van der Waals surface area contributed by atoms with E-state index in [4.69, 9.17) is 0 Å². The van der Waals surface area contributed by atoms with Crippen molar-refractivity contribution in [2.75, 3.05) is 0 Å². The van der Waals surface area contributed by atoms with E-state index in [1.54, 1.807) is 0 Å². The van der Waals surface area contributed by atoms with Crippen LogP contribution in [-0.2, 0) is 16.8 Å². The van der Waals surface area contributed by atoms with Crippen molar-refractivity contribution in [2.45, 2.75) is 52.0 Å². The maximum atomic E-state index is 10.2. The van der Waals surface area contributed by atoms with Gasteiger partial charge < -0.3 is 4.79 Å². The Morgan fingerprint density at radius 2 is 2.13 bits per heavy atom. The number of rotatable bonds is 5. The molecule has 0 fully saturated rings. The summed E-state index contributed by atoms with van der Waals surface area (Å²) in [7, 11) is 0. The summed E-state index contributed by atoms with van der Waals surface area (Å²) >= 11 is 0. The molecule has 4 heteroatoms. The number of hydrogen-bond acceptors (Lipinski definition) is 3. The summed E-state index contributed by atoms with van der Waals surface area (Å²) in [6, 6.07) is 0. The van der Waals surface area contributed by atoms with Crippen LogP contribution in [0.3, 0.4) is 0 Å². The average Bonchev–Trinajstić information content (AvgIpc) is 2.59. The van der Waals surface area contributed by atoms with E-state index in [0.717, 1.165) is 31.4 Å². The van der Waals surface area contributed by atoms with Gasteiger partial charge in [0.05, 0.1) is 11.9 Å². The van der Waals surface area contributed by atoms with Crippen LogP contribution in [0.4, 0.5) is 0 Å². The van der Waals surface area contributed by atoms with Gasteiger partial charge in [-0.3, -0.25) is 0 Å². The SMILES string of the molecule is CC(C)(C)c1cnnn1CCCCC=O. The van der Waals surface area contributed by atoms with Crippen LogP contribution >= 0.6 is 0 Å². The molecule has 1 aromatic heterocycles. The monoisotopic (exact) mass is 209 g/mol. The van der Waals surface area contributed by atoms with Crippen molar-refractivity contribution < 1.29 is 4.79 Å². The lowest BCUT2D eigenvalue weighted by atomic mass is 9.92. The molecule has 0 bridgehead atoms. The standard InChI is InChI=1S/C11H19N3O/c1-11(2,3)10-9-12-13-14(10)7-5-4-6-8-15/h8-9H,4-7H2,1-3H3. The maximum absolute atomic E-state index is 10.2. The van der Waals surface area contributed by atoms with Crippen molar-refractivity contribution in [3.63, 3.8) is 0 Å². The van der Waals surface area contributed by atoms with E-state index in [2.05, 4.69) is 31.1 Å². The first-order valence-electron chi connectivity index (χ1n) is 5.38. The van der Waals surface area contributed by atoms with Gasteiger partial charge in [-0.1, -0.05) is 26.0 Å². The Bertz CT molecular complexity index is 312. The molecule has 0 aliphatic rings. The third kappa shape index (κ3) is 3.46. The number of carbonyl (C=O) groups excluding carboxylic acids is 1. The molecule has 0 saturated carbocycles. The molecule has 0 saturated heterocycles. The summed E-state index contributed by atoms with van der Waals surface area (Å²) < 4.78 is 1.94. The lowest BCUT2D eigenvalue weighted by Gasteiger charge is -2.18. The largest absolute Gasteiger partial charge is 0.303 e. The van der Waals surface area contributed by atoms with E-state index < -0.39 is 0 Å². The van der Waals surface area contributed by atoms with E-state index in [1.807, 2.05) is 10.9 Å². The molecule has 0 aromatic carbocycles. The van der Waals surface area contributed by atoms with Gasteiger partial charge in [-0.15, -0.1) is 5.10 Å². The minimum atomic E-state index is 0.0775. The van der Waals surface area contributed by atoms with Crippen LogP contribution in [0.15, 0.2) is 6.20 Å². The van der Waals surface area contributed by atoms with E-state index in [9.17, 15) is 4.79 Å². The number of nitrogens with zero attached hydrogens (tertiary/aromatic N) is 3. The summed E-state index contributed by atoms with van der Waals surface area (Å²) in [5.74, 6) is 0. The Labute approximate surface area is 90.7 Å². The van der Waals surface area contributed by atoms with Crippen LogP contribution in [0.25, 0.3) is 0 Å². The number of hydrogen-bond donors (Lipinski definition) is 0. The highest BCUT2D eigenvalue weighted by Crippen LogP contribution is 2.20. The molecule has 0 N–H and O–H groups in total. The normalized spacial score (nSPS) is 11.7. The number of unbranched alkanes of at least 4 members (excludes halogenated alkanes) is 2. The number of aldehydes is 1. The van der Waals surface area contributed by atoms with Gasteiger partial charge in [0, 0.05) is 18.4 Å². The lowest BCUT2D eigenvalue weighted by molar-refractivity contribution is -0.107. The molecule has 0 radical (unpaired) electrons. The second-order valence-corrected chi connectivity index (χ2v) is 4.75. The van der Waals surface area contributed by atoms with Crippen molar-refractivity contribution in [1.29, 1.82) is 0 Å². The Morgan fingerprint density at radius 1 is 1.40 bits per heavy atom. The van der Waals surface area contributed by atoms with Crippen molar-refractivity contribution >= 4 is 6.29 Å². The second kappa shape index (κ2) is 5.05. The zero-order chi connectivity index (χ0) is 11.3. The summed E-state index contributed by atoms with van der Waals surface area (Å²) in [4.78, 5) is 10.2. The molecule has 1 rings (SSSR count). The molecule has 0 unspecified atom stereocenters. The Balaban J connectivity index is 2.54. The molecule has 0 spiro atoms. The zero-order valence-corrected chi connectivity index (χ0v) is 9.73. The van der Waals surface area contributed by atoms with Gasteiger partial charge in [0.25, 0.3) is 0 Å². The van der Waals surface area contributed by atoms with Gasteiger partial charge in [-0.2, -0.15) is 0 Å². The fraction of sp³-hybridized carbons (Fsp3) is 0.727. The van der Waals surface area contributed by atoms with Crippen LogP contribution in [0.2, 0.25) is 0 Å². The third-order valence-corrected chi connectivity index (χ3v) is 2.33. The van der Waals surface area contributed by atoms with Gasteiger partial charge in [0.15, 0.2) is 0 Å². The van der Waals surface area contributed by atoms with Crippen molar-refractivity contribution in [1.82, 2.24) is 15.0 Å². The highest BCUT2D eigenvalue weighted by molar-refractivity contribution is 5.48. The molecule has 4 nitrogen and oxygen atoms in total. The number of aryl methyl sites for hydroxylation is 1. The highest BCUT2D eigenvalue weighted by Gasteiger charge is 2.19. The number of aromatic nitrogens is 3. The smallest absolute Gasteiger partial charge is 0.119 e. The molecule has 84 valence electrons. The summed E-state index contributed by atoms with van der Waals surface area (Å²) in [6.45, 7) is 7.29. The van der Waals surface area contributed by atoms with Crippen LogP contribution < -0.4 is 0 Å². The van der Waals surface area contributed by atoms with Gasteiger partial charge >= 0.3 is 0 Å². The highest BCUT2D eigenvalue weighted by atomic mass is 16.1. The maximum Gasteiger partial charge on any atom is 0.119 e. The lowest BCUT2D eigenvalue weighted by Crippen LogP contribution is -2.18. The quantitative estimate of drug-likeness (QED) is 0.550. The first-order chi connectivity index (χ1) is 7.05. The Morgan fingerprint density at radius 3 is 2.73 bits per heavy atom. The summed E-state index contributed by atoms with van der Waals surface area (Å²) in [6.07, 6.45) is 5.32. The predicted octanol–water partition coefficient (Wildman–Crippen LogP) is 1.94. The van der Waals surface area contributed by atoms with E-state index >= 15 is 0 Å². The first-order valence-corrected chi connectivity index (χ1v) is 5.38.